The third-order valence-corrected chi connectivity index (χ3v) is 6.64. The summed E-state index contributed by atoms with van der Waals surface area (Å²) in [7, 11) is -3.82. The maximum Gasteiger partial charge on any atom is 0.265 e. The summed E-state index contributed by atoms with van der Waals surface area (Å²) in [5, 5.41) is 0.591. The van der Waals surface area contributed by atoms with Gasteiger partial charge in [-0.25, -0.2) is 13.4 Å². The molecule has 2 aromatic carbocycles. The molecule has 4 N–H and O–H groups in total. The monoisotopic (exact) mass is 448 g/mol. The van der Waals surface area contributed by atoms with Gasteiger partial charge in [-0.3, -0.25) is 9.52 Å². The Labute approximate surface area is 186 Å². The molecule has 0 aliphatic rings. The average molecular weight is 449 g/mol. The van der Waals surface area contributed by atoms with Crippen molar-refractivity contribution in [1.82, 2.24) is 9.97 Å². The first-order valence-electron chi connectivity index (χ1n) is 10.1. The Kier molecular flexibility index (Phi) is 5.26. The van der Waals surface area contributed by atoms with Crippen LogP contribution >= 0.6 is 0 Å². The third-order valence-electron chi connectivity index (χ3n) is 5.24. The van der Waals surface area contributed by atoms with Crippen LogP contribution in [0.5, 0.6) is 0 Å². The molecule has 1 amide bonds. The number of carbonyl (C=O) groups excluding carboxylic acids is 1. The molecule has 7 nitrogen and oxygen atoms in total. The van der Waals surface area contributed by atoms with Crippen molar-refractivity contribution in [2.24, 2.45) is 5.73 Å². The lowest BCUT2D eigenvalue weighted by Crippen LogP contribution is -2.15. The quantitative estimate of drug-likeness (QED) is 0.419. The molecule has 2 aromatic heterocycles. The van der Waals surface area contributed by atoms with E-state index in [2.05, 4.69) is 35.5 Å². The molecule has 2 heterocycles. The van der Waals surface area contributed by atoms with Crippen LogP contribution in [0.1, 0.15) is 36.8 Å². The summed E-state index contributed by atoms with van der Waals surface area (Å²) in [6, 6.07) is 17.7. The first kappa shape index (κ1) is 21.6. The van der Waals surface area contributed by atoms with Crippen molar-refractivity contribution in [2.45, 2.75) is 31.1 Å². The molecule has 0 atom stereocenters. The fourth-order valence-corrected chi connectivity index (χ4v) is 4.60. The summed E-state index contributed by atoms with van der Waals surface area (Å²) in [5.41, 5.74) is 8.82. The van der Waals surface area contributed by atoms with E-state index >= 15 is 0 Å². The first-order chi connectivity index (χ1) is 15.1. The zero-order valence-corrected chi connectivity index (χ0v) is 18.8. The van der Waals surface area contributed by atoms with Gasteiger partial charge in [-0.2, -0.15) is 0 Å². The van der Waals surface area contributed by atoms with Crippen LogP contribution in [-0.4, -0.2) is 24.3 Å². The molecule has 0 saturated carbocycles. The number of aromatic amines is 1. The second kappa shape index (κ2) is 7.80. The predicted octanol–water partition coefficient (Wildman–Crippen LogP) is 4.43. The SMILES string of the molecule is CC(C)(C)c1ccc(S(=O)(=O)Nc2cnc3[nH]c(C(N)=O)c(-c4ccccc4)c3c2)cc1. The number of fused-ring (bicyclic) bond motifs is 1. The summed E-state index contributed by atoms with van der Waals surface area (Å²) in [6.07, 6.45) is 1.40. The number of amides is 1. The Bertz CT molecular complexity index is 1400. The lowest BCUT2D eigenvalue weighted by Gasteiger charge is -2.19. The number of carbonyl (C=O) groups is 1. The van der Waals surface area contributed by atoms with Crippen molar-refractivity contribution in [3.8, 4) is 11.1 Å². The van der Waals surface area contributed by atoms with Crippen LogP contribution in [-0.2, 0) is 15.4 Å². The topological polar surface area (TPSA) is 118 Å². The average Bonchev–Trinajstić information content (AvgIpc) is 3.13. The van der Waals surface area contributed by atoms with E-state index in [9.17, 15) is 13.2 Å². The van der Waals surface area contributed by atoms with Gasteiger partial charge in [0.15, 0.2) is 0 Å². The van der Waals surface area contributed by atoms with Gasteiger partial charge in [-0.15, -0.1) is 0 Å². The van der Waals surface area contributed by atoms with Gasteiger partial charge in [0.25, 0.3) is 15.9 Å². The van der Waals surface area contributed by atoms with E-state index in [1.165, 1.54) is 6.20 Å². The van der Waals surface area contributed by atoms with Gasteiger partial charge >= 0.3 is 0 Å². The van der Waals surface area contributed by atoms with E-state index in [0.29, 0.717) is 16.6 Å². The number of benzene rings is 2. The van der Waals surface area contributed by atoms with Crippen molar-refractivity contribution in [2.75, 3.05) is 4.72 Å². The summed E-state index contributed by atoms with van der Waals surface area (Å²) in [4.78, 5) is 19.4. The molecule has 0 fully saturated rings. The third kappa shape index (κ3) is 4.09. The first-order valence-corrected chi connectivity index (χ1v) is 11.5. The number of sulfonamides is 1. The standard InChI is InChI=1S/C24H24N4O3S/c1-24(2,3)16-9-11-18(12-10-16)32(30,31)28-17-13-19-20(15-7-5-4-6-8-15)21(22(25)29)27-23(19)26-14-17/h4-14,28H,1-3H3,(H2,25,29)(H,26,27). The number of nitrogens with one attached hydrogen (secondary N) is 2. The molecular formula is C24H24N4O3S. The number of rotatable bonds is 5. The van der Waals surface area contributed by atoms with Crippen LogP contribution < -0.4 is 10.5 Å². The molecule has 0 radical (unpaired) electrons. The van der Waals surface area contributed by atoms with Crippen LogP contribution in [0.2, 0.25) is 0 Å². The van der Waals surface area contributed by atoms with Crippen LogP contribution in [0.4, 0.5) is 5.69 Å². The highest BCUT2D eigenvalue weighted by molar-refractivity contribution is 7.92. The molecule has 8 heteroatoms. The summed E-state index contributed by atoms with van der Waals surface area (Å²) < 4.78 is 28.5. The fraction of sp³-hybridized carbons (Fsp3) is 0.167. The van der Waals surface area contributed by atoms with Crippen molar-refractivity contribution < 1.29 is 13.2 Å². The van der Waals surface area contributed by atoms with E-state index < -0.39 is 15.9 Å². The molecule has 4 rings (SSSR count). The van der Waals surface area contributed by atoms with Gasteiger partial charge in [0.1, 0.15) is 11.3 Å². The molecule has 0 aliphatic carbocycles. The van der Waals surface area contributed by atoms with Crippen molar-refractivity contribution in [3.05, 3.63) is 78.1 Å². The minimum atomic E-state index is -3.82. The largest absolute Gasteiger partial charge is 0.364 e. The molecule has 0 aliphatic heterocycles. The molecule has 0 saturated heterocycles. The molecule has 32 heavy (non-hydrogen) atoms. The van der Waals surface area contributed by atoms with E-state index in [-0.39, 0.29) is 21.7 Å². The Morgan fingerprint density at radius 1 is 1.03 bits per heavy atom. The lowest BCUT2D eigenvalue weighted by molar-refractivity contribution is 0.0997. The minimum Gasteiger partial charge on any atom is -0.364 e. The number of H-pyrrole nitrogens is 1. The van der Waals surface area contributed by atoms with Crippen LogP contribution in [0.15, 0.2) is 71.8 Å². The van der Waals surface area contributed by atoms with Gasteiger partial charge in [0.2, 0.25) is 0 Å². The smallest absolute Gasteiger partial charge is 0.265 e. The second-order valence-corrected chi connectivity index (χ2v) is 10.3. The normalized spacial score (nSPS) is 12.1. The summed E-state index contributed by atoms with van der Waals surface area (Å²) in [6.45, 7) is 6.20. The number of pyridine rings is 1. The highest BCUT2D eigenvalue weighted by Crippen LogP contribution is 2.33. The fourth-order valence-electron chi connectivity index (χ4n) is 3.56. The van der Waals surface area contributed by atoms with Crippen LogP contribution in [0.3, 0.4) is 0 Å². The van der Waals surface area contributed by atoms with Crippen molar-refractivity contribution in [1.29, 1.82) is 0 Å². The molecule has 0 unspecified atom stereocenters. The maximum atomic E-state index is 12.9. The van der Waals surface area contributed by atoms with Gasteiger partial charge < -0.3 is 10.7 Å². The highest BCUT2D eigenvalue weighted by Gasteiger charge is 2.21. The number of aromatic nitrogens is 2. The molecule has 0 bridgehead atoms. The number of primary amides is 1. The van der Waals surface area contributed by atoms with Gasteiger partial charge in [-0.05, 0) is 34.7 Å². The van der Waals surface area contributed by atoms with Crippen LogP contribution in [0, 0.1) is 0 Å². The van der Waals surface area contributed by atoms with E-state index in [1.54, 1.807) is 18.2 Å². The molecular weight excluding hydrogens is 424 g/mol. The van der Waals surface area contributed by atoms with Crippen LogP contribution in [0.25, 0.3) is 22.2 Å². The number of nitrogens with two attached hydrogens (primary N) is 1. The zero-order chi connectivity index (χ0) is 23.1. The predicted molar refractivity (Wildman–Crippen MR) is 126 cm³/mol. The second-order valence-electron chi connectivity index (χ2n) is 8.61. The summed E-state index contributed by atoms with van der Waals surface area (Å²) >= 11 is 0. The van der Waals surface area contributed by atoms with E-state index in [4.69, 9.17) is 5.73 Å². The van der Waals surface area contributed by atoms with Crippen molar-refractivity contribution >= 4 is 32.7 Å². The Hall–Kier alpha value is -3.65. The van der Waals surface area contributed by atoms with Gasteiger partial charge in [-0.1, -0.05) is 63.2 Å². The minimum absolute atomic E-state index is 0.0784. The summed E-state index contributed by atoms with van der Waals surface area (Å²) in [5.74, 6) is -0.622. The Balaban J connectivity index is 1.75. The van der Waals surface area contributed by atoms with E-state index in [0.717, 1.165) is 11.1 Å². The van der Waals surface area contributed by atoms with E-state index in [1.807, 2.05) is 42.5 Å². The molecule has 4 aromatic rings. The van der Waals surface area contributed by atoms with Gasteiger partial charge in [0, 0.05) is 10.9 Å². The lowest BCUT2D eigenvalue weighted by atomic mass is 9.87. The number of anilines is 1. The van der Waals surface area contributed by atoms with Gasteiger partial charge in [0.05, 0.1) is 16.8 Å². The Morgan fingerprint density at radius 3 is 2.28 bits per heavy atom. The molecule has 0 spiro atoms. The van der Waals surface area contributed by atoms with Crippen molar-refractivity contribution in [3.63, 3.8) is 0 Å². The number of hydrogen-bond acceptors (Lipinski definition) is 4. The number of hydrogen-bond donors (Lipinski definition) is 3. The maximum absolute atomic E-state index is 12.9. The highest BCUT2D eigenvalue weighted by atomic mass is 32.2. The Morgan fingerprint density at radius 2 is 1.69 bits per heavy atom. The number of nitrogens with zero attached hydrogens (tertiary/aromatic N) is 1. The molecule has 164 valence electrons. The zero-order valence-electron chi connectivity index (χ0n) is 18.0.